The molecule has 0 aliphatic carbocycles. The van der Waals surface area contributed by atoms with Gasteiger partial charge < -0.3 is 0 Å². The fourth-order valence-corrected chi connectivity index (χ4v) is 1.76. The molecular weight excluding hydrogens is 244 g/mol. The largest absolute Gasteiger partial charge is 0.245 e. The molecule has 3 heteroatoms. The van der Waals surface area contributed by atoms with Gasteiger partial charge in [0.15, 0.2) is 0 Å². The van der Waals surface area contributed by atoms with Crippen LogP contribution in [0.4, 0.5) is 0 Å². The third-order valence-electron chi connectivity index (χ3n) is 2.66. The zero-order valence-electron chi connectivity index (χ0n) is 10.4. The maximum absolute atomic E-state index is 8.69. The molecule has 0 amide bonds. The molecule has 0 bridgehead atoms. The molecule has 1 heterocycles. The van der Waals surface area contributed by atoms with Crippen molar-refractivity contribution in [3.05, 3.63) is 65.5 Å². The number of hydrogen-bond acceptors (Lipinski definition) is 2. The summed E-state index contributed by atoms with van der Waals surface area (Å²) in [5.74, 6) is 0.256. The molecule has 0 radical (unpaired) electrons. The minimum atomic E-state index is 0.256. The lowest BCUT2D eigenvalue weighted by Crippen LogP contribution is -1.97. The van der Waals surface area contributed by atoms with Crippen molar-refractivity contribution in [3.8, 4) is 6.07 Å². The van der Waals surface area contributed by atoms with Crippen molar-refractivity contribution < 1.29 is 0 Å². The van der Waals surface area contributed by atoms with E-state index < -0.39 is 0 Å². The normalized spacial score (nSPS) is 12.6. The van der Waals surface area contributed by atoms with E-state index >= 15 is 0 Å². The van der Waals surface area contributed by atoms with Crippen LogP contribution in [-0.2, 0) is 0 Å². The summed E-state index contributed by atoms with van der Waals surface area (Å²) in [5, 5.41) is 9.22. The number of aromatic nitrogens is 1. The molecule has 18 heavy (non-hydrogen) atoms. The van der Waals surface area contributed by atoms with Gasteiger partial charge in [0.25, 0.3) is 0 Å². The second kappa shape index (κ2) is 6.78. The molecule has 1 rings (SSSR count). The van der Waals surface area contributed by atoms with Crippen molar-refractivity contribution in [2.75, 3.05) is 0 Å². The summed E-state index contributed by atoms with van der Waals surface area (Å²) in [5.41, 5.74) is 2.46. The van der Waals surface area contributed by atoms with Crippen LogP contribution in [-0.4, -0.2) is 4.98 Å². The maximum Gasteiger partial charge on any atom is 0.140 e. The minimum absolute atomic E-state index is 0.256. The Kier molecular flexibility index (Phi) is 5.35. The minimum Gasteiger partial charge on any atom is -0.245 e. The van der Waals surface area contributed by atoms with Crippen molar-refractivity contribution >= 4 is 11.6 Å². The third kappa shape index (κ3) is 3.87. The molecule has 0 saturated heterocycles. The Labute approximate surface area is 113 Å². The summed E-state index contributed by atoms with van der Waals surface area (Å²) in [6, 6.07) is 5.64. The van der Waals surface area contributed by atoms with Crippen molar-refractivity contribution in [1.29, 1.82) is 5.26 Å². The number of pyridine rings is 1. The van der Waals surface area contributed by atoms with Crippen molar-refractivity contribution in [2.45, 2.75) is 19.3 Å². The first-order chi connectivity index (χ1) is 8.58. The van der Waals surface area contributed by atoms with Gasteiger partial charge >= 0.3 is 0 Å². The predicted molar refractivity (Wildman–Crippen MR) is 75.3 cm³/mol. The average molecular weight is 259 g/mol. The second-order valence-electron chi connectivity index (χ2n) is 4.03. The molecule has 0 spiro atoms. The van der Waals surface area contributed by atoms with Gasteiger partial charge in [-0.25, -0.2) is 4.98 Å². The number of rotatable bonds is 5. The molecular formula is C15H15ClN2. The lowest BCUT2D eigenvalue weighted by Gasteiger charge is -2.13. The molecule has 1 unspecified atom stereocenters. The van der Waals surface area contributed by atoms with Crippen LogP contribution in [0.2, 0.25) is 0 Å². The fraction of sp³-hybridized carbons (Fsp3) is 0.200. The van der Waals surface area contributed by atoms with E-state index in [0.29, 0.717) is 10.7 Å². The fourth-order valence-electron chi connectivity index (χ4n) is 1.62. The summed E-state index contributed by atoms with van der Waals surface area (Å²) in [7, 11) is 0. The van der Waals surface area contributed by atoms with Gasteiger partial charge in [-0.1, -0.05) is 49.9 Å². The molecule has 1 aromatic rings. The van der Waals surface area contributed by atoms with E-state index in [0.717, 1.165) is 17.6 Å². The van der Waals surface area contributed by atoms with Gasteiger partial charge in [-0.3, -0.25) is 0 Å². The van der Waals surface area contributed by atoms with E-state index in [1.165, 1.54) is 0 Å². The second-order valence-corrected chi connectivity index (χ2v) is 4.48. The summed E-state index contributed by atoms with van der Waals surface area (Å²) in [6.07, 6.45) is 6.06. The highest BCUT2D eigenvalue weighted by molar-refractivity contribution is 6.31. The van der Waals surface area contributed by atoms with Crippen LogP contribution in [0.5, 0.6) is 0 Å². The molecule has 0 saturated carbocycles. The standard InChI is InChI=1S/C15H15ClN2/c1-4-5-13(12(3)16)8-11(2)14-6-7-15(9-17)18-10-14/h4-7,10-11H,1,3,8H2,2H3/b13-5-. The first kappa shape index (κ1) is 14.2. The van der Waals surface area contributed by atoms with Gasteiger partial charge in [-0.05, 0) is 29.5 Å². The molecule has 1 atom stereocenters. The van der Waals surface area contributed by atoms with Gasteiger partial charge in [0.1, 0.15) is 11.8 Å². The third-order valence-corrected chi connectivity index (χ3v) is 2.91. The first-order valence-electron chi connectivity index (χ1n) is 5.61. The number of nitriles is 1. The number of nitrogens with zero attached hydrogens (tertiary/aromatic N) is 2. The number of hydrogen-bond donors (Lipinski definition) is 0. The molecule has 2 nitrogen and oxygen atoms in total. The highest BCUT2D eigenvalue weighted by Crippen LogP contribution is 2.27. The van der Waals surface area contributed by atoms with Crippen molar-refractivity contribution in [1.82, 2.24) is 4.98 Å². The monoisotopic (exact) mass is 258 g/mol. The van der Waals surface area contributed by atoms with Crippen LogP contribution in [0.3, 0.4) is 0 Å². The Morgan fingerprint density at radius 2 is 2.33 bits per heavy atom. The van der Waals surface area contributed by atoms with E-state index in [1.807, 2.05) is 18.2 Å². The Bertz CT molecular complexity index is 506. The molecule has 0 aromatic carbocycles. The van der Waals surface area contributed by atoms with Gasteiger partial charge in [-0.2, -0.15) is 5.26 Å². The molecule has 0 fully saturated rings. The van der Waals surface area contributed by atoms with E-state index in [-0.39, 0.29) is 5.92 Å². The van der Waals surface area contributed by atoms with Crippen LogP contribution in [0, 0.1) is 11.3 Å². The van der Waals surface area contributed by atoms with E-state index in [1.54, 1.807) is 18.3 Å². The highest BCUT2D eigenvalue weighted by Gasteiger charge is 2.10. The van der Waals surface area contributed by atoms with Crippen LogP contribution >= 0.6 is 11.6 Å². The number of allylic oxidation sites excluding steroid dienone is 4. The highest BCUT2D eigenvalue weighted by atomic mass is 35.5. The Hall–Kier alpha value is -1.85. The van der Waals surface area contributed by atoms with E-state index in [4.69, 9.17) is 16.9 Å². The van der Waals surface area contributed by atoms with Crippen LogP contribution < -0.4 is 0 Å². The summed E-state index contributed by atoms with van der Waals surface area (Å²) < 4.78 is 0. The van der Waals surface area contributed by atoms with E-state index in [2.05, 4.69) is 25.1 Å². The number of halogens is 1. The molecule has 1 aromatic heterocycles. The van der Waals surface area contributed by atoms with Crippen LogP contribution in [0.1, 0.15) is 30.5 Å². The Morgan fingerprint density at radius 1 is 1.61 bits per heavy atom. The molecule has 92 valence electrons. The summed E-state index contributed by atoms with van der Waals surface area (Å²) >= 11 is 5.93. The van der Waals surface area contributed by atoms with Crippen LogP contribution in [0.15, 0.2) is 54.2 Å². The topological polar surface area (TPSA) is 36.7 Å². The zero-order chi connectivity index (χ0) is 13.5. The first-order valence-corrected chi connectivity index (χ1v) is 5.98. The smallest absolute Gasteiger partial charge is 0.140 e. The maximum atomic E-state index is 8.69. The van der Waals surface area contributed by atoms with E-state index in [9.17, 15) is 0 Å². The molecule has 0 aliphatic rings. The van der Waals surface area contributed by atoms with Crippen molar-refractivity contribution in [3.63, 3.8) is 0 Å². The Balaban J connectivity index is 2.84. The van der Waals surface area contributed by atoms with Gasteiger partial charge in [0.05, 0.1) is 0 Å². The lowest BCUT2D eigenvalue weighted by atomic mass is 9.94. The molecule has 0 N–H and O–H groups in total. The Morgan fingerprint density at radius 3 is 2.78 bits per heavy atom. The SMILES string of the molecule is C=C/C=C(/CC(C)c1ccc(C#N)nc1)C(=C)Cl. The zero-order valence-corrected chi connectivity index (χ0v) is 11.1. The average Bonchev–Trinajstić information content (AvgIpc) is 2.38. The van der Waals surface area contributed by atoms with Gasteiger partial charge in [0, 0.05) is 11.2 Å². The summed E-state index contributed by atoms with van der Waals surface area (Å²) in [4.78, 5) is 4.06. The van der Waals surface area contributed by atoms with Gasteiger partial charge in [-0.15, -0.1) is 0 Å². The molecule has 0 aliphatic heterocycles. The predicted octanol–water partition coefficient (Wildman–Crippen LogP) is 4.31. The van der Waals surface area contributed by atoms with Crippen molar-refractivity contribution in [2.24, 2.45) is 0 Å². The summed E-state index contributed by atoms with van der Waals surface area (Å²) in [6.45, 7) is 9.48. The lowest BCUT2D eigenvalue weighted by molar-refractivity contribution is 0.756. The quantitative estimate of drug-likeness (QED) is 0.738. The van der Waals surface area contributed by atoms with Crippen LogP contribution in [0.25, 0.3) is 0 Å². The van der Waals surface area contributed by atoms with Gasteiger partial charge in [0.2, 0.25) is 0 Å².